The lowest BCUT2D eigenvalue weighted by Gasteiger charge is -2.14. The average molecular weight is 350 g/mol. The minimum Gasteiger partial charge on any atom is -0.379 e. The molecule has 0 radical (unpaired) electrons. The summed E-state index contributed by atoms with van der Waals surface area (Å²) in [5, 5.41) is 6.24. The lowest BCUT2D eigenvalue weighted by Crippen LogP contribution is -2.17. The van der Waals surface area contributed by atoms with Gasteiger partial charge in [-0.25, -0.2) is 4.98 Å². The largest absolute Gasteiger partial charge is 0.379 e. The van der Waals surface area contributed by atoms with Crippen molar-refractivity contribution in [2.75, 3.05) is 10.6 Å². The number of hydrogen-bond donors (Lipinski definition) is 2. The number of anilines is 2. The van der Waals surface area contributed by atoms with Crippen molar-refractivity contribution < 1.29 is 4.79 Å². The molecule has 6 nitrogen and oxygen atoms in total. The lowest BCUT2D eigenvalue weighted by molar-refractivity contribution is -0.116. The Morgan fingerprint density at radius 2 is 1.96 bits per heavy atom. The number of carbonyl (C=O) groups excluding carboxylic acids is 1. The summed E-state index contributed by atoms with van der Waals surface area (Å²) in [7, 11) is 0. The van der Waals surface area contributed by atoms with Gasteiger partial charge in [-0.1, -0.05) is 19.1 Å². The fraction of sp³-hybridized carbons (Fsp3) is 0.250. The van der Waals surface area contributed by atoms with E-state index >= 15 is 0 Å². The van der Waals surface area contributed by atoms with Crippen LogP contribution < -0.4 is 16.2 Å². The number of nitrogens with zero attached hydrogens (tertiary/aromatic N) is 2. The first-order chi connectivity index (χ1) is 12.6. The molecule has 0 bridgehead atoms. The molecule has 2 heterocycles. The molecule has 6 heteroatoms. The SMILES string of the molecule is CCCC(=O)Nc1cccc(NCc2cc(=O)n3ccccc3n2)c1C. The second-order valence-corrected chi connectivity index (χ2v) is 6.14. The predicted molar refractivity (Wildman–Crippen MR) is 104 cm³/mol. The Morgan fingerprint density at radius 3 is 2.77 bits per heavy atom. The van der Waals surface area contributed by atoms with E-state index in [1.165, 1.54) is 10.5 Å². The number of rotatable bonds is 6. The molecule has 0 aliphatic heterocycles. The van der Waals surface area contributed by atoms with Crippen LogP contribution in [0.15, 0.2) is 53.5 Å². The molecule has 0 saturated heterocycles. The summed E-state index contributed by atoms with van der Waals surface area (Å²) in [5.41, 5.74) is 3.82. The summed E-state index contributed by atoms with van der Waals surface area (Å²) in [6.07, 6.45) is 3.02. The van der Waals surface area contributed by atoms with Gasteiger partial charge in [0.05, 0.1) is 12.2 Å². The van der Waals surface area contributed by atoms with Crippen molar-refractivity contribution in [3.8, 4) is 0 Å². The molecule has 1 aromatic carbocycles. The zero-order valence-electron chi connectivity index (χ0n) is 15.0. The smallest absolute Gasteiger partial charge is 0.258 e. The third-order valence-electron chi connectivity index (χ3n) is 4.17. The number of pyridine rings is 1. The zero-order chi connectivity index (χ0) is 18.5. The molecular weight excluding hydrogens is 328 g/mol. The van der Waals surface area contributed by atoms with Crippen molar-refractivity contribution in [1.82, 2.24) is 9.38 Å². The molecule has 0 spiro atoms. The van der Waals surface area contributed by atoms with Gasteiger partial charge >= 0.3 is 0 Å². The quantitative estimate of drug-likeness (QED) is 0.715. The van der Waals surface area contributed by atoms with Crippen LogP contribution in [0.25, 0.3) is 5.65 Å². The average Bonchev–Trinajstić information content (AvgIpc) is 2.63. The van der Waals surface area contributed by atoms with Crippen LogP contribution in [-0.2, 0) is 11.3 Å². The highest BCUT2D eigenvalue weighted by molar-refractivity contribution is 5.92. The molecule has 0 saturated carbocycles. The topological polar surface area (TPSA) is 75.5 Å². The van der Waals surface area contributed by atoms with E-state index in [2.05, 4.69) is 15.6 Å². The first-order valence-corrected chi connectivity index (χ1v) is 8.69. The Labute approximate surface area is 151 Å². The van der Waals surface area contributed by atoms with E-state index in [9.17, 15) is 9.59 Å². The fourth-order valence-corrected chi connectivity index (χ4v) is 2.78. The van der Waals surface area contributed by atoms with Crippen molar-refractivity contribution in [2.24, 2.45) is 0 Å². The third kappa shape index (κ3) is 3.91. The number of carbonyl (C=O) groups is 1. The van der Waals surface area contributed by atoms with Crippen LogP contribution in [0.2, 0.25) is 0 Å². The van der Waals surface area contributed by atoms with Gasteiger partial charge in [-0.05, 0) is 43.2 Å². The maximum absolute atomic E-state index is 12.2. The zero-order valence-corrected chi connectivity index (χ0v) is 15.0. The molecule has 0 aliphatic rings. The number of amides is 1. The molecule has 3 aromatic rings. The number of benzene rings is 1. The number of nitrogens with one attached hydrogen (secondary N) is 2. The van der Waals surface area contributed by atoms with Crippen molar-refractivity contribution in [2.45, 2.75) is 33.2 Å². The van der Waals surface area contributed by atoms with Gasteiger partial charge in [0.15, 0.2) is 0 Å². The number of fused-ring (bicyclic) bond motifs is 1. The minimum atomic E-state index is -0.107. The Bertz CT molecular complexity index is 995. The highest BCUT2D eigenvalue weighted by Crippen LogP contribution is 2.24. The highest BCUT2D eigenvalue weighted by Gasteiger charge is 2.08. The van der Waals surface area contributed by atoms with Crippen molar-refractivity contribution in [3.63, 3.8) is 0 Å². The van der Waals surface area contributed by atoms with Gasteiger partial charge in [-0.15, -0.1) is 0 Å². The van der Waals surface area contributed by atoms with E-state index in [4.69, 9.17) is 0 Å². The van der Waals surface area contributed by atoms with Gasteiger partial charge in [0, 0.05) is 30.1 Å². The Kier molecular flexibility index (Phi) is 5.31. The molecule has 0 aliphatic carbocycles. The summed E-state index contributed by atoms with van der Waals surface area (Å²) in [4.78, 5) is 28.5. The monoisotopic (exact) mass is 350 g/mol. The molecule has 2 N–H and O–H groups in total. The Hall–Kier alpha value is -3.15. The summed E-state index contributed by atoms with van der Waals surface area (Å²) < 4.78 is 1.51. The Morgan fingerprint density at radius 1 is 1.15 bits per heavy atom. The van der Waals surface area contributed by atoms with E-state index in [0.717, 1.165) is 23.4 Å². The maximum atomic E-state index is 12.2. The van der Waals surface area contributed by atoms with E-state index in [1.807, 2.05) is 38.1 Å². The molecule has 0 atom stereocenters. The van der Waals surface area contributed by atoms with Gasteiger partial charge in [0.2, 0.25) is 5.91 Å². The van der Waals surface area contributed by atoms with Crippen LogP contribution in [0.1, 0.15) is 31.0 Å². The number of hydrogen-bond acceptors (Lipinski definition) is 4. The molecule has 0 fully saturated rings. The van der Waals surface area contributed by atoms with Gasteiger partial charge in [0.1, 0.15) is 5.65 Å². The highest BCUT2D eigenvalue weighted by atomic mass is 16.1. The lowest BCUT2D eigenvalue weighted by atomic mass is 10.1. The predicted octanol–water partition coefficient (Wildman–Crippen LogP) is 3.35. The van der Waals surface area contributed by atoms with Crippen LogP contribution in [0, 0.1) is 6.92 Å². The standard InChI is InChI=1S/C20H22N4O2/c1-3-7-19(25)23-17-9-6-8-16(14(17)2)21-13-15-12-20(26)24-11-5-4-10-18(24)22-15/h4-6,8-12,21H,3,7,13H2,1-2H3,(H,23,25). The van der Waals surface area contributed by atoms with Crippen LogP contribution >= 0.6 is 0 Å². The molecule has 3 rings (SSSR count). The molecular formula is C20H22N4O2. The van der Waals surface area contributed by atoms with E-state index in [-0.39, 0.29) is 11.5 Å². The summed E-state index contributed by atoms with van der Waals surface area (Å²) in [5.74, 6) is 0.0111. The molecule has 0 unspecified atom stereocenters. The second-order valence-electron chi connectivity index (χ2n) is 6.14. The summed E-state index contributed by atoms with van der Waals surface area (Å²) in [6.45, 7) is 4.35. The normalized spacial score (nSPS) is 10.7. The van der Waals surface area contributed by atoms with Crippen molar-refractivity contribution in [3.05, 3.63) is 70.3 Å². The van der Waals surface area contributed by atoms with Gasteiger partial charge < -0.3 is 10.6 Å². The first-order valence-electron chi connectivity index (χ1n) is 8.69. The van der Waals surface area contributed by atoms with Gasteiger partial charge in [-0.2, -0.15) is 0 Å². The van der Waals surface area contributed by atoms with E-state index in [1.54, 1.807) is 18.3 Å². The minimum absolute atomic E-state index is 0.0111. The fourth-order valence-electron chi connectivity index (χ4n) is 2.78. The van der Waals surface area contributed by atoms with Crippen molar-refractivity contribution in [1.29, 1.82) is 0 Å². The molecule has 2 aromatic heterocycles. The first kappa shape index (κ1) is 17.7. The summed E-state index contributed by atoms with van der Waals surface area (Å²) in [6, 6.07) is 12.7. The van der Waals surface area contributed by atoms with Gasteiger partial charge in [0.25, 0.3) is 5.56 Å². The number of aromatic nitrogens is 2. The molecule has 1 amide bonds. The molecule has 26 heavy (non-hydrogen) atoms. The Balaban J connectivity index is 1.78. The maximum Gasteiger partial charge on any atom is 0.258 e. The van der Waals surface area contributed by atoms with Crippen molar-refractivity contribution >= 4 is 22.9 Å². The van der Waals surface area contributed by atoms with Crippen LogP contribution in [-0.4, -0.2) is 15.3 Å². The van der Waals surface area contributed by atoms with Gasteiger partial charge in [-0.3, -0.25) is 14.0 Å². The van der Waals surface area contributed by atoms with Crippen LogP contribution in [0.5, 0.6) is 0 Å². The summed E-state index contributed by atoms with van der Waals surface area (Å²) >= 11 is 0. The third-order valence-corrected chi connectivity index (χ3v) is 4.17. The second kappa shape index (κ2) is 7.82. The van der Waals surface area contributed by atoms with E-state index in [0.29, 0.717) is 24.3 Å². The van der Waals surface area contributed by atoms with Crippen LogP contribution in [0.4, 0.5) is 11.4 Å². The molecule has 134 valence electrons. The van der Waals surface area contributed by atoms with E-state index < -0.39 is 0 Å². The van der Waals surface area contributed by atoms with Crippen LogP contribution in [0.3, 0.4) is 0 Å².